The Morgan fingerprint density at radius 3 is 2.62 bits per heavy atom. The number of hydrogen-bond acceptors (Lipinski definition) is 2. The largest absolute Gasteiger partial charge is 0.418 e. The van der Waals surface area contributed by atoms with Crippen LogP contribution in [0.2, 0.25) is 0 Å². The highest BCUT2D eigenvalue weighted by Crippen LogP contribution is 2.36. The van der Waals surface area contributed by atoms with Crippen molar-refractivity contribution in [2.75, 3.05) is 18.4 Å². The summed E-state index contributed by atoms with van der Waals surface area (Å²) in [6, 6.07) is 3.72. The molecule has 7 heteroatoms. The lowest BCUT2D eigenvalue weighted by molar-refractivity contribution is -0.137. The summed E-state index contributed by atoms with van der Waals surface area (Å²) in [4.78, 5) is 11.9. The van der Waals surface area contributed by atoms with Gasteiger partial charge in [0.15, 0.2) is 0 Å². The predicted octanol–water partition coefficient (Wildman–Crippen LogP) is 3.80. The zero-order valence-corrected chi connectivity index (χ0v) is 12.9. The number of carbonyl (C=O) groups is 1. The van der Waals surface area contributed by atoms with Crippen LogP contribution in [0.15, 0.2) is 22.7 Å². The molecule has 1 aromatic carbocycles. The molecule has 3 nitrogen and oxygen atoms in total. The molecule has 1 aliphatic rings. The molecule has 0 aliphatic carbocycles. The van der Waals surface area contributed by atoms with Crippen molar-refractivity contribution in [3.05, 3.63) is 28.2 Å². The van der Waals surface area contributed by atoms with E-state index in [2.05, 4.69) is 26.6 Å². The smallest absolute Gasteiger partial charge is 0.325 e. The number of hydrogen-bond donors (Lipinski definition) is 2. The van der Waals surface area contributed by atoms with Gasteiger partial charge in [-0.25, -0.2) is 0 Å². The van der Waals surface area contributed by atoms with Crippen molar-refractivity contribution in [2.45, 2.75) is 25.4 Å². The average molecular weight is 365 g/mol. The first-order valence-corrected chi connectivity index (χ1v) is 7.53. The van der Waals surface area contributed by atoms with Crippen molar-refractivity contribution in [2.24, 2.45) is 5.92 Å². The van der Waals surface area contributed by atoms with Gasteiger partial charge in [-0.2, -0.15) is 13.2 Å². The van der Waals surface area contributed by atoms with Gasteiger partial charge in [0.05, 0.1) is 11.3 Å². The van der Waals surface area contributed by atoms with Crippen molar-refractivity contribution < 1.29 is 18.0 Å². The third-order valence-corrected chi connectivity index (χ3v) is 3.99. The summed E-state index contributed by atoms with van der Waals surface area (Å²) in [7, 11) is 0. The fourth-order valence-electron chi connectivity index (χ4n) is 2.41. The highest BCUT2D eigenvalue weighted by molar-refractivity contribution is 9.10. The van der Waals surface area contributed by atoms with E-state index >= 15 is 0 Å². The Balaban J connectivity index is 2.06. The number of rotatable bonds is 3. The first-order valence-electron chi connectivity index (χ1n) is 6.73. The second kappa shape index (κ2) is 6.79. The first kappa shape index (κ1) is 16.3. The fraction of sp³-hybridized carbons (Fsp3) is 0.500. The van der Waals surface area contributed by atoms with E-state index in [0.29, 0.717) is 4.47 Å². The van der Waals surface area contributed by atoms with E-state index < -0.39 is 11.7 Å². The summed E-state index contributed by atoms with van der Waals surface area (Å²) in [6.45, 7) is 1.70. The van der Waals surface area contributed by atoms with Crippen LogP contribution in [0.25, 0.3) is 0 Å². The molecule has 1 amide bonds. The quantitative estimate of drug-likeness (QED) is 0.856. The Labute approximate surface area is 129 Å². The summed E-state index contributed by atoms with van der Waals surface area (Å²) < 4.78 is 39.2. The molecule has 116 valence electrons. The van der Waals surface area contributed by atoms with Crippen LogP contribution in [0.1, 0.15) is 24.8 Å². The third kappa shape index (κ3) is 4.71. The molecule has 0 radical (unpaired) electrons. The second-order valence-corrected chi connectivity index (χ2v) is 6.05. The molecule has 0 unspecified atom stereocenters. The van der Waals surface area contributed by atoms with E-state index in [1.54, 1.807) is 0 Å². The van der Waals surface area contributed by atoms with Gasteiger partial charge < -0.3 is 10.6 Å². The normalized spacial score (nSPS) is 16.8. The summed E-state index contributed by atoms with van der Waals surface area (Å²) >= 11 is 3.01. The molecular weight excluding hydrogens is 349 g/mol. The highest BCUT2D eigenvalue weighted by Gasteiger charge is 2.34. The van der Waals surface area contributed by atoms with Gasteiger partial charge in [0.2, 0.25) is 5.91 Å². The number of amides is 1. The van der Waals surface area contributed by atoms with Crippen molar-refractivity contribution in [1.82, 2.24) is 5.32 Å². The van der Waals surface area contributed by atoms with Gasteiger partial charge in [0.25, 0.3) is 0 Å². The zero-order valence-electron chi connectivity index (χ0n) is 11.3. The molecule has 2 N–H and O–H groups in total. The lowest BCUT2D eigenvalue weighted by Crippen LogP contribution is -2.30. The number of anilines is 1. The Kier molecular flexibility index (Phi) is 5.27. The molecule has 21 heavy (non-hydrogen) atoms. The van der Waals surface area contributed by atoms with Crippen LogP contribution in [0, 0.1) is 5.92 Å². The average Bonchev–Trinajstić information content (AvgIpc) is 2.40. The molecule has 0 bridgehead atoms. The molecule has 1 fully saturated rings. The van der Waals surface area contributed by atoms with Crippen LogP contribution in [-0.4, -0.2) is 19.0 Å². The van der Waals surface area contributed by atoms with Gasteiger partial charge >= 0.3 is 6.18 Å². The maximum absolute atomic E-state index is 13.0. The number of piperidine rings is 1. The number of benzene rings is 1. The molecule has 1 heterocycles. The summed E-state index contributed by atoms with van der Waals surface area (Å²) in [6.07, 6.45) is -2.49. The van der Waals surface area contributed by atoms with Crippen LogP contribution < -0.4 is 10.6 Å². The Bertz CT molecular complexity index is 513. The van der Waals surface area contributed by atoms with Crippen molar-refractivity contribution in [3.8, 4) is 0 Å². The number of carbonyl (C=O) groups excluding carboxylic acids is 1. The lowest BCUT2D eigenvalue weighted by atomic mass is 9.94. The fourth-order valence-corrected chi connectivity index (χ4v) is 2.77. The van der Waals surface area contributed by atoms with Gasteiger partial charge in [-0.15, -0.1) is 0 Å². The summed E-state index contributed by atoms with van der Waals surface area (Å²) in [5.74, 6) is -0.134. The molecule has 0 saturated carbocycles. The van der Waals surface area contributed by atoms with E-state index in [1.807, 2.05) is 0 Å². The second-order valence-electron chi connectivity index (χ2n) is 5.13. The van der Waals surface area contributed by atoms with Crippen molar-refractivity contribution in [1.29, 1.82) is 0 Å². The zero-order chi connectivity index (χ0) is 15.5. The van der Waals surface area contributed by atoms with E-state index in [9.17, 15) is 18.0 Å². The topological polar surface area (TPSA) is 41.1 Å². The van der Waals surface area contributed by atoms with E-state index in [0.717, 1.165) is 32.0 Å². The molecule has 1 aliphatic heterocycles. The molecule has 1 aromatic rings. The third-order valence-electron chi connectivity index (χ3n) is 3.49. The van der Waals surface area contributed by atoms with Crippen molar-refractivity contribution in [3.63, 3.8) is 0 Å². The maximum atomic E-state index is 13.0. The molecular formula is C14H16BrF3N2O. The van der Waals surface area contributed by atoms with Crippen LogP contribution in [0.3, 0.4) is 0 Å². The molecule has 1 saturated heterocycles. The van der Waals surface area contributed by atoms with Crippen LogP contribution in [-0.2, 0) is 11.0 Å². The van der Waals surface area contributed by atoms with Gasteiger partial charge in [0.1, 0.15) is 0 Å². The monoisotopic (exact) mass is 364 g/mol. The van der Waals surface area contributed by atoms with Gasteiger partial charge in [-0.3, -0.25) is 4.79 Å². The highest BCUT2D eigenvalue weighted by atomic mass is 79.9. The maximum Gasteiger partial charge on any atom is 0.418 e. The van der Waals surface area contributed by atoms with Crippen LogP contribution in [0.5, 0.6) is 0 Å². The predicted molar refractivity (Wildman–Crippen MR) is 78.0 cm³/mol. The van der Waals surface area contributed by atoms with Gasteiger partial charge in [-0.1, -0.05) is 15.9 Å². The summed E-state index contributed by atoms with van der Waals surface area (Å²) in [5.41, 5.74) is -1.03. The number of nitrogens with one attached hydrogen (secondary N) is 2. The minimum atomic E-state index is -4.50. The molecule has 0 aromatic heterocycles. The van der Waals surface area contributed by atoms with E-state index in [4.69, 9.17) is 0 Å². The standard InChI is InChI=1S/C14H16BrF3N2O/c15-10-1-2-12(11(8-10)14(16,17)18)20-13(21)7-9-3-5-19-6-4-9/h1-2,8-9,19H,3-7H2,(H,20,21). The Hall–Kier alpha value is -1.08. The van der Waals surface area contributed by atoms with Crippen LogP contribution >= 0.6 is 15.9 Å². The minimum Gasteiger partial charge on any atom is -0.325 e. The van der Waals surface area contributed by atoms with E-state index in [1.165, 1.54) is 12.1 Å². The van der Waals surface area contributed by atoms with Crippen LogP contribution in [0.4, 0.5) is 18.9 Å². The SMILES string of the molecule is O=C(CC1CCNCC1)Nc1ccc(Br)cc1C(F)(F)F. The first-order chi connectivity index (χ1) is 9.86. The molecule has 2 rings (SSSR count). The number of alkyl halides is 3. The molecule has 0 spiro atoms. The Morgan fingerprint density at radius 1 is 1.33 bits per heavy atom. The molecule has 0 atom stereocenters. The minimum absolute atomic E-state index is 0.190. The lowest BCUT2D eigenvalue weighted by Gasteiger charge is -2.22. The Morgan fingerprint density at radius 2 is 2.00 bits per heavy atom. The van der Waals surface area contributed by atoms with Crippen molar-refractivity contribution >= 4 is 27.5 Å². The number of halogens is 4. The van der Waals surface area contributed by atoms with E-state index in [-0.39, 0.29) is 23.9 Å². The van der Waals surface area contributed by atoms with Gasteiger partial charge in [-0.05, 0) is 50.0 Å². The van der Waals surface area contributed by atoms with Gasteiger partial charge in [0, 0.05) is 10.9 Å². The summed E-state index contributed by atoms with van der Waals surface area (Å²) in [5, 5.41) is 5.58.